The smallest absolute Gasteiger partial charge is 0.346 e. The second-order valence-electron chi connectivity index (χ2n) is 5.85. The number of hydrogen-bond acceptors (Lipinski definition) is 4. The molecule has 2 N–H and O–H groups in total. The molecule has 6 nitrogen and oxygen atoms in total. The quantitative estimate of drug-likeness (QED) is 0.701. The number of rotatable bonds is 6. The van der Waals surface area contributed by atoms with Gasteiger partial charge in [0, 0.05) is 12.1 Å². The number of carbonyl (C=O) groups is 1. The molecule has 1 heterocycles. The predicted octanol–water partition coefficient (Wildman–Crippen LogP) is 2.56. The van der Waals surface area contributed by atoms with Crippen molar-refractivity contribution in [2.24, 2.45) is 0 Å². The number of aromatic nitrogens is 2. The summed E-state index contributed by atoms with van der Waals surface area (Å²) in [5.74, 6) is -0.0306. The minimum atomic E-state index is -0.605. The Labute approximate surface area is 155 Å². The molecule has 0 atom stereocenters. The summed E-state index contributed by atoms with van der Waals surface area (Å²) in [6.45, 7) is 0.354. The van der Waals surface area contributed by atoms with Crippen LogP contribution in [-0.2, 0) is 6.42 Å². The van der Waals surface area contributed by atoms with E-state index in [4.69, 9.17) is 4.74 Å². The molecule has 1 aromatic heterocycles. The van der Waals surface area contributed by atoms with Crippen molar-refractivity contribution in [2.75, 3.05) is 13.7 Å². The van der Waals surface area contributed by atoms with Crippen molar-refractivity contribution < 1.29 is 13.9 Å². The van der Waals surface area contributed by atoms with Gasteiger partial charge in [0.05, 0.1) is 12.8 Å². The highest BCUT2D eigenvalue weighted by Crippen LogP contribution is 2.20. The fourth-order valence-electron chi connectivity index (χ4n) is 2.56. The first-order valence-corrected chi connectivity index (χ1v) is 8.33. The van der Waals surface area contributed by atoms with Gasteiger partial charge in [0.25, 0.3) is 5.91 Å². The van der Waals surface area contributed by atoms with Gasteiger partial charge in [-0.15, -0.1) is 0 Å². The number of aromatic amines is 1. The van der Waals surface area contributed by atoms with Crippen LogP contribution in [0.3, 0.4) is 0 Å². The third-order valence-electron chi connectivity index (χ3n) is 3.99. The molecule has 2 aromatic carbocycles. The molecule has 0 radical (unpaired) electrons. The molecule has 138 valence electrons. The van der Waals surface area contributed by atoms with Crippen LogP contribution >= 0.6 is 0 Å². The van der Waals surface area contributed by atoms with Gasteiger partial charge in [-0.3, -0.25) is 4.79 Å². The lowest BCUT2D eigenvalue weighted by atomic mass is 10.1. The molecule has 7 heteroatoms. The SMILES string of the molecule is COc1ccc(-c2cc(C(=O)NCCc3ccc(F)cc3)[nH]c(=O)n2)cc1. The summed E-state index contributed by atoms with van der Waals surface area (Å²) >= 11 is 0. The number of methoxy groups -OCH3 is 1. The molecule has 0 unspecified atom stereocenters. The lowest BCUT2D eigenvalue weighted by Gasteiger charge is -2.07. The lowest BCUT2D eigenvalue weighted by molar-refractivity contribution is 0.0948. The van der Waals surface area contributed by atoms with Crippen LogP contribution in [0.25, 0.3) is 11.3 Å². The molecular weight excluding hydrogens is 349 g/mol. The van der Waals surface area contributed by atoms with Crippen LogP contribution in [0.5, 0.6) is 5.75 Å². The Morgan fingerprint density at radius 1 is 1.15 bits per heavy atom. The molecule has 27 heavy (non-hydrogen) atoms. The molecule has 0 saturated heterocycles. The Bertz CT molecular complexity index is 983. The van der Waals surface area contributed by atoms with Crippen molar-refractivity contribution in [3.05, 3.63) is 82.2 Å². The van der Waals surface area contributed by atoms with E-state index in [1.54, 1.807) is 43.5 Å². The van der Waals surface area contributed by atoms with Crippen LogP contribution in [0.1, 0.15) is 16.1 Å². The van der Waals surface area contributed by atoms with E-state index in [0.29, 0.717) is 30.0 Å². The molecule has 0 bridgehead atoms. The third kappa shape index (κ3) is 4.78. The summed E-state index contributed by atoms with van der Waals surface area (Å²) in [4.78, 5) is 30.5. The topological polar surface area (TPSA) is 84.1 Å². The van der Waals surface area contributed by atoms with Gasteiger partial charge in [-0.05, 0) is 54.4 Å². The van der Waals surface area contributed by atoms with E-state index in [2.05, 4.69) is 15.3 Å². The summed E-state index contributed by atoms with van der Waals surface area (Å²) in [6, 6.07) is 14.6. The summed E-state index contributed by atoms with van der Waals surface area (Å²) < 4.78 is 18.0. The number of nitrogens with zero attached hydrogens (tertiary/aromatic N) is 1. The molecule has 0 fully saturated rings. The van der Waals surface area contributed by atoms with Crippen molar-refractivity contribution in [1.82, 2.24) is 15.3 Å². The number of amides is 1. The molecule has 3 rings (SSSR count). The fraction of sp³-hybridized carbons (Fsp3) is 0.150. The van der Waals surface area contributed by atoms with Gasteiger partial charge in [-0.2, -0.15) is 4.98 Å². The van der Waals surface area contributed by atoms with Crippen molar-refractivity contribution in [3.63, 3.8) is 0 Å². The van der Waals surface area contributed by atoms with E-state index in [0.717, 1.165) is 5.56 Å². The summed E-state index contributed by atoms with van der Waals surface area (Å²) in [7, 11) is 1.56. The van der Waals surface area contributed by atoms with Crippen molar-refractivity contribution >= 4 is 5.91 Å². The first-order valence-electron chi connectivity index (χ1n) is 8.33. The molecule has 0 aliphatic heterocycles. The first kappa shape index (κ1) is 18.3. The van der Waals surface area contributed by atoms with Crippen LogP contribution in [-0.4, -0.2) is 29.5 Å². The van der Waals surface area contributed by atoms with Crippen LogP contribution < -0.4 is 15.7 Å². The zero-order chi connectivity index (χ0) is 19.2. The highest BCUT2D eigenvalue weighted by Gasteiger charge is 2.10. The Kier molecular flexibility index (Phi) is 5.61. The second-order valence-corrected chi connectivity index (χ2v) is 5.85. The lowest BCUT2D eigenvalue weighted by Crippen LogP contribution is -2.29. The van der Waals surface area contributed by atoms with Crippen LogP contribution in [0.4, 0.5) is 4.39 Å². The average molecular weight is 367 g/mol. The zero-order valence-electron chi connectivity index (χ0n) is 14.7. The summed E-state index contributed by atoms with van der Waals surface area (Å²) in [5, 5.41) is 2.74. The van der Waals surface area contributed by atoms with Gasteiger partial charge in [0.2, 0.25) is 0 Å². The highest BCUT2D eigenvalue weighted by molar-refractivity contribution is 5.93. The van der Waals surface area contributed by atoms with E-state index >= 15 is 0 Å². The summed E-state index contributed by atoms with van der Waals surface area (Å²) in [5.41, 5.74) is 1.51. The van der Waals surface area contributed by atoms with Gasteiger partial charge in [0.1, 0.15) is 17.3 Å². The number of H-pyrrole nitrogens is 1. The van der Waals surface area contributed by atoms with Gasteiger partial charge >= 0.3 is 5.69 Å². The molecule has 0 spiro atoms. The maximum absolute atomic E-state index is 12.9. The third-order valence-corrected chi connectivity index (χ3v) is 3.99. The molecule has 0 aliphatic carbocycles. The number of ether oxygens (including phenoxy) is 1. The van der Waals surface area contributed by atoms with Crippen LogP contribution in [0, 0.1) is 5.82 Å². The van der Waals surface area contributed by atoms with E-state index in [1.165, 1.54) is 18.2 Å². The van der Waals surface area contributed by atoms with Gasteiger partial charge in [-0.1, -0.05) is 12.1 Å². The predicted molar refractivity (Wildman–Crippen MR) is 99.3 cm³/mol. The van der Waals surface area contributed by atoms with E-state index < -0.39 is 11.6 Å². The maximum Gasteiger partial charge on any atom is 0.346 e. The maximum atomic E-state index is 12.9. The average Bonchev–Trinajstić information content (AvgIpc) is 2.69. The number of nitrogens with one attached hydrogen (secondary N) is 2. The minimum Gasteiger partial charge on any atom is -0.497 e. The number of hydrogen-bond donors (Lipinski definition) is 2. The van der Waals surface area contributed by atoms with Gasteiger partial charge in [-0.25, -0.2) is 9.18 Å². The van der Waals surface area contributed by atoms with Crippen molar-refractivity contribution in [3.8, 4) is 17.0 Å². The van der Waals surface area contributed by atoms with Crippen molar-refractivity contribution in [2.45, 2.75) is 6.42 Å². The van der Waals surface area contributed by atoms with Crippen molar-refractivity contribution in [1.29, 1.82) is 0 Å². The van der Waals surface area contributed by atoms with E-state index in [9.17, 15) is 14.0 Å². The van der Waals surface area contributed by atoms with E-state index in [-0.39, 0.29) is 11.5 Å². The molecule has 1 amide bonds. The highest BCUT2D eigenvalue weighted by atomic mass is 19.1. The van der Waals surface area contributed by atoms with E-state index in [1.807, 2.05) is 0 Å². The van der Waals surface area contributed by atoms with Gasteiger partial charge < -0.3 is 15.0 Å². The Balaban J connectivity index is 1.69. The Morgan fingerprint density at radius 3 is 2.52 bits per heavy atom. The number of halogens is 1. The zero-order valence-corrected chi connectivity index (χ0v) is 14.7. The number of benzene rings is 2. The van der Waals surface area contributed by atoms with Crippen LogP contribution in [0.15, 0.2) is 59.4 Å². The first-order chi connectivity index (χ1) is 13.0. The second kappa shape index (κ2) is 8.27. The Morgan fingerprint density at radius 2 is 1.85 bits per heavy atom. The normalized spacial score (nSPS) is 10.4. The summed E-state index contributed by atoms with van der Waals surface area (Å²) in [6.07, 6.45) is 0.548. The van der Waals surface area contributed by atoms with Gasteiger partial charge in [0.15, 0.2) is 0 Å². The molecule has 0 saturated carbocycles. The fourth-order valence-corrected chi connectivity index (χ4v) is 2.56. The Hall–Kier alpha value is -3.48. The largest absolute Gasteiger partial charge is 0.497 e. The molecule has 0 aliphatic rings. The standard InChI is InChI=1S/C20H18FN3O3/c1-27-16-8-4-14(5-9-16)17-12-18(24-20(26)23-17)19(25)22-11-10-13-2-6-15(21)7-3-13/h2-9,12H,10-11H2,1H3,(H,22,25)(H,23,24,26). The van der Waals surface area contributed by atoms with Crippen LogP contribution in [0.2, 0.25) is 0 Å². The molecule has 3 aromatic rings. The monoisotopic (exact) mass is 367 g/mol. The number of carbonyl (C=O) groups excluding carboxylic acids is 1. The minimum absolute atomic E-state index is 0.125. The molecular formula is C20H18FN3O3.